The van der Waals surface area contributed by atoms with Crippen LogP contribution >= 0.6 is 22.9 Å². The third-order valence-electron chi connectivity index (χ3n) is 2.76. The normalized spacial score (nSPS) is 10.8. The molecule has 0 fully saturated rings. The molecule has 0 aliphatic carbocycles. The summed E-state index contributed by atoms with van der Waals surface area (Å²) in [6.45, 7) is 3.59. The monoisotopic (exact) mass is 283 g/mol. The molecule has 1 nitrogen and oxygen atoms in total. The van der Waals surface area contributed by atoms with Gasteiger partial charge in [0.2, 0.25) is 0 Å². The summed E-state index contributed by atoms with van der Waals surface area (Å²) in [6.07, 6.45) is 1.05. The van der Waals surface area contributed by atoms with Gasteiger partial charge in [-0.15, -0.1) is 11.3 Å². The average molecular weight is 284 g/mol. The highest BCUT2D eigenvalue weighted by atomic mass is 35.5. The number of nitrogens with one attached hydrogen (secondary N) is 1. The third-order valence-corrected chi connectivity index (χ3v) is 3.94. The van der Waals surface area contributed by atoms with E-state index in [9.17, 15) is 4.39 Å². The Bertz CT molecular complexity index is 504. The number of hydrogen-bond acceptors (Lipinski definition) is 2. The van der Waals surface area contributed by atoms with E-state index in [4.69, 9.17) is 11.6 Å². The lowest BCUT2D eigenvalue weighted by Crippen LogP contribution is -2.12. The van der Waals surface area contributed by atoms with Crippen molar-refractivity contribution in [3.63, 3.8) is 0 Å². The summed E-state index contributed by atoms with van der Waals surface area (Å²) in [6, 6.07) is 6.76. The van der Waals surface area contributed by atoms with Crippen LogP contribution in [0, 0.1) is 5.82 Å². The van der Waals surface area contributed by atoms with Gasteiger partial charge in [0.1, 0.15) is 5.82 Å². The fourth-order valence-electron chi connectivity index (χ4n) is 1.87. The van der Waals surface area contributed by atoms with Crippen LogP contribution in [-0.4, -0.2) is 0 Å². The molecule has 0 bridgehead atoms. The summed E-state index contributed by atoms with van der Waals surface area (Å²) in [4.78, 5) is 1.35. The van der Waals surface area contributed by atoms with E-state index in [1.807, 2.05) is 0 Å². The number of thiophene rings is 1. The predicted molar refractivity (Wildman–Crippen MR) is 75.7 cm³/mol. The maximum Gasteiger partial charge on any atom is 0.125 e. The van der Waals surface area contributed by atoms with Gasteiger partial charge in [0.05, 0.1) is 0 Å². The van der Waals surface area contributed by atoms with Crippen LogP contribution in [0.15, 0.2) is 29.6 Å². The zero-order valence-corrected chi connectivity index (χ0v) is 11.7. The topological polar surface area (TPSA) is 12.0 Å². The third kappa shape index (κ3) is 3.55. The Balaban J connectivity index is 1.92. The summed E-state index contributed by atoms with van der Waals surface area (Å²) < 4.78 is 13.1. The molecule has 0 radical (unpaired) electrons. The summed E-state index contributed by atoms with van der Waals surface area (Å²) in [5, 5.41) is 5.87. The molecule has 0 saturated heterocycles. The first-order valence-electron chi connectivity index (χ1n) is 5.90. The Hall–Kier alpha value is -0.900. The Kier molecular flexibility index (Phi) is 4.75. The molecule has 18 heavy (non-hydrogen) atoms. The van der Waals surface area contributed by atoms with Crippen LogP contribution in [-0.2, 0) is 19.5 Å². The molecule has 0 aliphatic rings. The smallest absolute Gasteiger partial charge is 0.125 e. The number of hydrogen-bond donors (Lipinski definition) is 1. The van der Waals surface area contributed by atoms with E-state index < -0.39 is 0 Å². The maximum absolute atomic E-state index is 13.1. The second-order valence-corrected chi connectivity index (χ2v) is 5.54. The second-order valence-electron chi connectivity index (χ2n) is 4.10. The fourth-order valence-corrected chi connectivity index (χ4v) is 3.06. The van der Waals surface area contributed by atoms with Crippen LogP contribution in [0.2, 0.25) is 5.02 Å². The lowest BCUT2D eigenvalue weighted by molar-refractivity contribution is 0.620. The van der Waals surface area contributed by atoms with Gasteiger partial charge in [0.15, 0.2) is 0 Å². The molecule has 0 amide bonds. The van der Waals surface area contributed by atoms with Gasteiger partial charge in [-0.25, -0.2) is 4.39 Å². The Labute approximate surface area is 116 Å². The molecule has 1 aromatic heterocycles. The number of rotatable bonds is 5. The molecule has 0 unspecified atom stereocenters. The quantitative estimate of drug-likeness (QED) is 0.858. The molecule has 0 spiro atoms. The van der Waals surface area contributed by atoms with Crippen LogP contribution in [0.5, 0.6) is 0 Å². The molecular weight excluding hydrogens is 269 g/mol. The van der Waals surface area contributed by atoms with Crippen molar-refractivity contribution in [2.75, 3.05) is 0 Å². The molecule has 2 rings (SSSR count). The first-order chi connectivity index (χ1) is 8.69. The molecular formula is C14H15ClFNS. The van der Waals surface area contributed by atoms with Crippen molar-refractivity contribution >= 4 is 22.9 Å². The SMILES string of the molecule is CCc1ccsc1CNCc1cc(F)cc(Cl)c1. The minimum absolute atomic E-state index is 0.287. The lowest BCUT2D eigenvalue weighted by Gasteiger charge is -2.06. The van der Waals surface area contributed by atoms with Crippen molar-refractivity contribution in [3.8, 4) is 0 Å². The highest BCUT2D eigenvalue weighted by molar-refractivity contribution is 7.10. The summed E-state index contributed by atoms with van der Waals surface area (Å²) in [5.41, 5.74) is 2.25. The molecule has 1 N–H and O–H groups in total. The van der Waals surface area contributed by atoms with Crippen LogP contribution < -0.4 is 5.32 Å². The van der Waals surface area contributed by atoms with E-state index in [2.05, 4.69) is 23.7 Å². The van der Waals surface area contributed by atoms with Crippen LogP contribution in [0.4, 0.5) is 4.39 Å². The highest BCUT2D eigenvalue weighted by Gasteiger charge is 2.03. The zero-order valence-electron chi connectivity index (χ0n) is 10.2. The summed E-state index contributed by atoms with van der Waals surface area (Å²) in [7, 11) is 0. The molecule has 1 aromatic carbocycles. The van der Waals surface area contributed by atoms with Gasteiger partial charge in [-0.1, -0.05) is 18.5 Å². The molecule has 0 aliphatic heterocycles. The van der Waals surface area contributed by atoms with Crippen LogP contribution in [0.25, 0.3) is 0 Å². The van der Waals surface area contributed by atoms with E-state index in [1.165, 1.54) is 22.6 Å². The van der Waals surface area contributed by atoms with Crippen molar-refractivity contribution < 1.29 is 4.39 Å². The van der Waals surface area contributed by atoms with Gasteiger partial charge in [0, 0.05) is 23.0 Å². The number of benzene rings is 1. The molecule has 1 heterocycles. The van der Waals surface area contributed by atoms with Gasteiger partial charge in [-0.05, 0) is 47.2 Å². The first kappa shape index (κ1) is 13.5. The summed E-state index contributed by atoms with van der Waals surface area (Å²) >= 11 is 7.56. The molecule has 4 heteroatoms. The predicted octanol–water partition coefficient (Wildman–Crippen LogP) is 4.39. The van der Waals surface area contributed by atoms with Crippen molar-refractivity contribution in [2.45, 2.75) is 26.4 Å². The maximum atomic E-state index is 13.1. The first-order valence-corrected chi connectivity index (χ1v) is 7.15. The van der Waals surface area contributed by atoms with Crippen molar-refractivity contribution in [1.29, 1.82) is 0 Å². The van der Waals surface area contributed by atoms with Crippen molar-refractivity contribution in [2.24, 2.45) is 0 Å². The molecule has 0 atom stereocenters. The van der Waals surface area contributed by atoms with E-state index in [0.717, 1.165) is 18.5 Å². The number of aryl methyl sites for hydroxylation is 1. The highest BCUT2D eigenvalue weighted by Crippen LogP contribution is 2.18. The van der Waals surface area contributed by atoms with Crippen molar-refractivity contribution in [3.05, 3.63) is 56.5 Å². The van der Waals surface area contributed by atoms with E-state index >= 15 is 0 Å². The molecule has 2 aromatic rings. The Morgan fingerprint density at radius 3 is 2.83 bits per heavy atom. The van der Waals surface area contributed by atoms with Crippen LogP contribution in [0.1, 0.15) is 22.9 Å². The Morgan fingerprint density at radius 1 is 1.28 bits per heavy atom. The van der Waals surface area contributed by atoms with Gasteiger partial charge in [-0.2, -0.15) is 0 Å². The zero-order chi connectivity index (χ0) is 13.0. The van der Waals surface area contributed by atoms with Gasteiger partial charge < -0.3 is 5.32 Å². The van der Waals surface area contributed by atoms with Crippen LogP contribution in [0.3, 0.4) is 0 Å². The number of halogens is 2. The largest absolute Gasteiger partial charge is 0.308 e. The molecule has 0 saturated carbocycles. The lowest BCUT2D eigenvalue weighted by atomic mass is 10.2. The van der Waals surface area contributed by atoms with Gasteiger partial charge >= 0.3 is 0 Å². The second kappa shape index (κ2) is 6.32. The average Bonchev–Trinajstić information content (AvgIpc) is 2.75. The van der Waals surface area contributed by atoms with Gasteiger partial charge in [0.25, 0.3) is 0 Å². The fraction of sp³-hybridized carbons (Fsp3) is 0.286. The van der Waals surface area contributed by atoms with Crippen molar-refractivity contribution in [1.82, 2.24) is 5.32 Å². The van der Waals surface area contributed by atoms with E-state index in [0.29, 0.717) is 11.6 Å². The standard InChI is InChI=1S/C14H15ClFNS/c1-2-11-3-4-18-14(11)9-17-8-10-5-12(15)7-13(16)6-10/h3-7,17H,2,8-9H2,1H3. The van der Waals surface area contributed by atoms with E-state index in [-0.39, 0.29) is 5.82 Å². The molecule has 96 valence electrons. The van der Waals surface area contributed by atoms with Gasteiger partial charge in [-0.3, -0.25) is 0 Å². The summed E-state index contributed by atoms with van der Waals surface area (Å²) in [5.74, 6) is -0.287. The Morgan fingerprint density at radius 2 is 2.11 bits per heavy atom. The minimum atomic E-state index is -0.287. The van der Waals surface area contributed by atoms with E-state index in [1.54, 1.807) is 17.4 Å². The minimum Gasteiger partial charge on any atom is -0.308 e.